The third-order valence-corrected chi connectivity index (χ3v) is 5.97. The largest absolute Gasteiger partial charge is 0.325 e. The van der Waals surface area contributed by atoms with Crippen LogP contribution in [-0.4, -0.2) is 30.4 Å². The SMILES string of the molecule is Cc1ccc(N2NC(C)C3C(=O)C(C(=O)Nc4ccc(Br)cc4)CNC32)cc1. The number of hydrazine groups is 1. The molecule has 0 bridgehead atoms. The summed E-state index contributed by atoms with van der Waals surface area (Å²) in [6, 6.07) is 15.4. The van der Waals surface area contributed by atoms with Crippen molar-refractivity contribution in [3.63, 3.8) is 0 Å². The lowest BCUT2D eigenvalue weighted by Gasteiger charge is -2.35. The van der Waals surface area contributed by atoms with Gasteiger partial charge in [0.05, 0.1) is 11.6 Å². The first-order valence-electron chi connectivity index (χ1n) is 9.39. The molecule has 0 aliphatic carbocycles. The van der Waals surface area contributed by atoms with Crippen LogP contribution < -0.4 is 21.1 Å². The molecular weight excluding hydrogens is 420 g/mol. The molecule has 4 atom stereocenters. The zero-order chi connectivity index (χ0) is 19.8. The van der Waals surface area contributed by atoms with Crippen LogP contribution in [0.2, 0.25) is 0 Å². The van der Waals surface area contributed by atoms with Crippen molar-refractivity contribution >= 4 is 39.0 Å². The van der Waals surface area contributed by atoms with Crippen LogP contribution in [0.15, 0.2) is 53.0 Å². The van der Waals surface area contributed by atoms with E-state index in [1.807, 2.05) is 67.4 Å². The van der Waals surface area contributed by atoms with Crippen molar-refractivity contribution in [2.75, 3.05) is 16.9 Å². The second-order valence-electron chi connectivity index (χ2n) is 7.45. The number of halogens is 1. The highest BCUT2D eigenvalue weighted by Gasteiger charge is 2.50. The number of fused-ring (bicyclic) bond motifs is 1. The predicted molar refractivity (Wildman–Crippen MR) is 113 cm³/mol. The van der Waals surface area contributed by atoms with E-state index in [-0.39, 0.29) is 29.8 Å². The average Bonchev–Trinajstić information content (AvgIpc) is 3.02. The molecule has 1 amide bonds. The minimum atomic E-state index is -0.702. The molecule has 2 saturated heterocycles. The van der Waals surface area contributed by atoms with Crippen molar-refractivity contribution in [3.05, 3.63) is 58.6 Å². The summed E-state index contributed by atoms with van der Waals surface area (Å²) in [5.41, 5.74) is 6.26. The third-order valence-electron chi connectivity index (χ3n) is 5.44. The Kier molecular flexibility index (Phi) is 5.23. The van der Waals surface area contributed by atoms with Gasteiger partial charge in [-0.1, -0.05) is 33.6 Å². The molecule has 2 aromatic rings. The molecular formula is C21H23BrN4O2. The van der Waals surface area contributed by atoms with Crippen molar-refractivity contribution in [2.45, 2.75) is 26.1 Å². The number of rotatable bonds is 3. The minimum Gasteiger partial charge on any atom is -0.325 e. The molecule has 3 N–H and O–H groups in total. The summed E-state index contributed by atoms with van der Waals surface area (Å²) in [4.78, 5) is 25.9. The standard InChI is InChI=1S/C21H23BrN4O2/c1-12-3-9-16(10-4-12)26-20-18(13(2)25-26)19(27)17(11-23-20)21(28)24-15-7-5-14(22)6-8-15/h3-10,13,17-18,20,23,25H,11H2,1-2H3,(H,24,28). The number of aryl methyl sites for hydroxylation is 1. The first kappa shape index (κ1) is 19.1. The van der Waals surface area contributed by atoms with Gasteiger partial charge in [0.1, 0.15) is 12.1 Å². The maximum atomic E-state index is 13.2. The second-order valence-corrected chi connectivity index (χ2v) is 8.37. The highest BCUT2D eigenvalue weighted by Crippen LogP contribution is 2.32. The van der Waals surface area contributed by atoms with Crippen molar-refractivity contribution in [2.24, 2.45) is 11.8 Å². The Labute approximate surface area is 172 Å². The number of nitrogens with zero attached hydrogens (tertiary/aromatic N) is 1. The minimum absolute atomic E-state index is 0.0204. The van der Waals surface area contributed by atoms with Gasteiger partial charge in [-0.3, -0.25) is 19.9 Å². The zero-order valence-electron chi connectivity index (χ0n) is 15.8. The molecule has 0 saturated carbocycles. The summed E-state index contributed by atoms with van der Waals surface area (Å²) >= 11 is 3.38. The predicted octanol–water partition coefficient (Wildman–Crippen LogP) is 2.84. The summed E-state index contributed by atoms with van der Waals surface area (Å²) in [5.74, 6) is -1.28. The van der Waals surface area contributed by atoms with Crippen molar-refractivity contribution in [3.8, 4) is 0 Å². The van der Waals surface area contributed by atoms with Crippen LogP contribution >= 0.6 is 15.9 Å². The van der Waals surface area contributed by atoms with Gasteiger partial charge in [0.2, 0.25) is 5.91 Å². The van der Waals surface area contributed by atoms with Crippen LogP contribution in [0.25, 0.3) is 0 Å². The van der Waals surface area contributed by atoms with E-state index < -0.39 is 5.92 Å². The molecule has 2 aliphatic rings. The average molecular weight is 443 g/mol. The van der Waals surface area contributed by atoms with Gasteiger partial charge in [-0.2, -0.15) is 0 Å². The van der Waals surface area contributed by atoms with Crippen LogP contribution in [0.3, 0.4) is 0 Å². The van der Waals surface area contributed by atoms with Gasteiger partial charge < -0.3 is 5.32 Å². The molecule has 2 fully saturated rings. The molecule has 2 heterocycles. The van der Waals surface area contributed by atoms with Gasteiger partial charge in [-0.05, 0) is 50.2 Å². The number of amides is 1. The molecule has 0 radical (unpaired) electrons. The lowest BCUT2D eigenvalue weighted by Crippen LogP contribution is -2.58. The molecule has 146 valence electrons. The van der Waals surface area contributed by atoms with Crippen LogP contribution in [0, 0.1) is 18.8 Å². The first-order chi connectivity index (χ1) is 13.4. The number of nitrogens with one attached hydrogen (secondary N) is 3. The third kappa shape index (κ3) is 3.57. The molecule has 4 unspecified atom stereocenters. The number of benzene rings is 2. The van der Waals surface area contributed by atoms with E-state index in [2.05, 4.69) is 32.0 Å². The Morgan fingerprint density at radius 3 is 2.50 bits per heavy atom. The van der Waals surface area contributed by atoms with Gasteiger partial charge in [0.25, 0.3) is 0 Å². The fraction of sp³-hybridized carbons (Fsp3) is 0.333. The molecule has 7 heteroatoms. The second kappa shape index (κ2) is 7.66. The highest BCUT2D eigenvalue weighted by atomic mass is 79.9. The van der Waals surface area contributed by atoms with E-state index >= 15 is 0 Å². The number of anilines is 2. The Balaban J connectivity index is 1.49. The van der Waals surface area contributed by atoms with Gasteiger partial charge in [-0.15, -0.1) is 0 Å². The topological polar surface area (TPSA) is 73.5 Å². The molecule has 0 aromatic heterocycles. The van der Waals surface area contributed by atoms with E-state index in [0.29, 0.717) is 12.2 Å². The number of carbonyl (C=O) groups is 2. The number of piperidine rings is 1. The van der Waals surface area contributed by atoms with Gasteiger partial charge >= 0.3 is 0 Å². The Hall–Kier alpha value is -2.22. The van der Waals surface area contributed by atoms with E-state index in [1.165, 1.54) is 5.56 Å². The Bertz CT molecular complexity index is 884. The van der Waals surface area contributed by atoms with Gasteiger partial charge in [0, 0.05) is 22.7 Å². The number of Topliss-reactive ketones (excluding diaryl/α,β-unsaturated/α-hetero) is 1. The molecule has 2 aliphatic heterocycles. The molecule has 6 nitrogen and oxygen atoms in total. The van der Waals surface area contributed by atoms with E-state index in [9.17, 15) is 9.59 Å². The van der Waals surface area contributed by atoms with Crippen molar-refractivity contribution in [1.29, 1.82) is 0 Å². The molecule has 0 spiro atoms. The van der Waals surface area contributed by atoms with E-state index in [1.54, 1.807) is 0 Å². The molecule has 2 aromatic carbocycles. The molecule has 4 rings (SSSR count). The quantitative estimate of drug-likeness (QED) is 0.637. The summed E-state index contributed by atoms with van der Waals surface area (Å²) in [5, 5.41) is 8.27. The lowest BCUT2D eigenvalue weighted by molar-refractivity contribution is -0.136. The maximum Gasteiger partial charge on any atom is 0.236 e. The van der Waals surface area contributed by atoms with E-state index in [0.717, 1.165) is 10.2 Å². The van der Waals surface area contributed by atoms with Crippen LogP contribution in [0.4, 0.5) is 11.4 Å². The van der Waals surface area contributed by atoms with Crippen LogP contribution in [0.1, 0.15) is 12.5 Å². The maximum absolute atomic E-state index is 13.2. The number of hydrogen-bond acceptors (Lipinski definition) is 5. The lowest BCUT2D eigenvalue weighted by atomic mass is 9.83. The summed E-state index contributed by atoms with van der Waals surface area (Å²) < 4.78 is 0.936. The smallest absolute Gasteiger partial charge is 0.236 e. The Morgan fingerprint density at radius 2 is 1.82 bits per heavy atom. The van der Waals surface area contributed by atoms with Gasteiger partial charge in [0.15, 0.2) is 5.78 Å². The fourth-order valence-electron chi connectivity index (χ4n) is 3.93. The number of hydrogen-bond donors (Lipinski definition) is 3. The normalized spacial score (nSPS) is 26.8. The summed E-state index contributed by atoms with van der Waals surface area (Å²) in [7, 11) is 0. The molecule has 28 heavy (non-hydrogen) atoms. The van der Waals surface area contributed by atoms with Crippen LogP contribution in [0.5, 0.6) is 0 Å². The van der Waals surface area contributed by atoms with Crippen LogP contribution in [-0.2, 0) is 9.59 Å². The zero-order valence-corrected chi connectivity index (χ0v) is 17.4. The monoisotopic (exact) mass is 442 g/mol. The van der Waals surface area contributed by atoms with Gasteiger partial charge in [-0.25, -0.2) is 5.43 Å². The summed E-state index contributed by atoms with van der Waals surface area (Å²) in [6.45, 7) is 4.35. The van der Waals surface area contributed by atoms with Crippen molar-refractivity contribution < 1.29 is 9.59 Å². The van der Waals surface area contributed by atoms with E-state index in [4.69, 9.17) is 0 Å². The van der Waals surface area contributed by atoms with Crippen molar-refractivity contribution in [1.82, 2.24) is 10.7 Å². The Morgan fingerprint density at radius 1 is 1.14 bits per heavy atom. The highest BCUT2D eigenvalue weighted by molar-refractivity contribution is 9.10. The fourth-order valence-corrected chi connectivity index (χ4v) is 4.20. The number of ketones is 1. The summed E-state index contributed by atoms with van der Waals surface area (Å²) in [6.07, 6.45) is -0.165. The number of carbonyl (C=O) groups excluding carboxylic acids is 2. The first-order valence-corrected chi connectivity index (χ1v) is 10.2.